The fourth-order valence-electron chi connectivity index (χ4n) is 1.72. The predicted octanol–water partition coefficient (Wildman–Crippen LogP) is 3.50. The van der Waals surface area contributed by atoms with Gasteiger partial charge in [-0.3, -0.25) is 0 Å². The van der Waals surface area contributed by atoms with E-state index in [0.29, 0.717) is 18.3 Å². The first kappa shape index (κ1) is 14.0. The summed E-state index contributed by atoms with van der Waals surface area (Å²) in [5, 5.41) is 3.39. The van der Waals surface area contributed by atoms with Gasteiger partial charge < -0.3 is 10.1 Å². The number of hydrogen-bond acceptors (Lipinski definition) is 2. The summed E-state index contributed by atoms with van der Waals surface area (Å²) in [7, 11) is 1.48. The fraction of sp³-hybridized carbons (Fsp3) is 0.571. The van der Waals surface area contributed by atoms with E-state index >= 15 is 0 Å². The van der Waals surface area contributed by atoms with Crippen molar-refractivity contribution in [1.82, 2.24) is 5.32 Å². The van der Waals surface area contributed by atoms with Gasteiger partial charge in [-0.2, -0.15) is 0 Å². The number of hydrogen-bond donors (Lipinski definition) is 1. The lowest BCUT2D eigenvalue weighted by Crippen LogP contribution is -2.25. The minimum Gasteiger partial charge on any atom is -0.494 e. The Bertz CT molecular complexity index is 341. The van der Waals surface area contributed by atoms with E-state index in [0.717, 1.165) is 12.0 Å². The van der Waals surface area contributed by atoms with Crippen LogP contribution in [0.2, 0.25) is 0 Å². The van der Waals surface area contributed by atoms with E-state index in [1.807, 2.05) is 6.07 Å². The molecule has 96 valence electrons. The second kappa shape index (κ2) is 7.28. The van der Waals surface area contributed by atoms with E-state index in [-0.39, 0.29) is 5.82 Å². The molecule has 0 aliphatic heterocycles. The van der Waals surface area contributed by atoms with E-state index in [9.17, 15) is 4.39 Å². The lowest BCUT2D eigenvalue weighted by molar-refractivity contribution is 0.386. The molecule has 3 heteroatoms. The normalized spacial score (nSPS) is 12.5. The molecule has 0 bridgehead atoms. The van der Waals surface area contributed by atoms with Gasteiger partial charge in [0, 0.05) is 12.6 Å². The van der Waals surface area contributed by atoms with Crippen LogP contribution in [-0.2, 0) is 6.54 Å². The van der Waals surface area contributed by atoms with Gasteiger partial charge in [0.25, 0.3) is 0 Å². The first-order valence-corrected chi connectivity index (χ1v) is 6.23. The number of ether oxygens (including phenoxy) is 1. The molecule has 0 saturated heterocycles. The SMILES string of the molecule is CCCCC(C)NCc1ccc(OC)c(F)c1. The number of methoxy groups -OCH3 is 1. The van der Waals surface area contributed by atoms with Crippen LogP contribution >= 0.6 is 0 Å². The summed E-state index contributed by atoms with van der Waals surface area (Å²) in [4.78, 5) is 0. The smallest absolute Gasteiger partial charge is 0.165 e. The molecule has 0 radical (unpaired) electrons. The fourth-order valence-corrected chi connectivity index (χ4v) is 1.72. The predicted molar refractivity (Wildman–Crippen MR) is 68.8 cm³/mol. The van der Waals surface area contributed by atoms with Crippen LogP contribution < -0.4 is 10.1 Å². The number of rotatable bonds is 7. The quantitative estimate of drug-likeness (QED) is 0.786. The standard InChI is InChI=1S/C14H22FNO/c1-4-5-6-11(2)16-10-12-7-8-14(17-3)13(15)9-12/h7-9,11,16H,4-6,10H2,1-3H3. The van der Waals surface area contributed by atoms with Gasteiger partial charge in [-0.25, -0.2) is 4.39 Å². The molecule has 0 heterocycles. The third kappa shape index (κ3) is 4.73. The first-order chi connectivity index (χ1) is 8.17. The largest absolute Gasteiger partial charge is 0.494 e. The molecule has 0 aliphatic rings. The second-order valence-corrected chi connectivity index (χ2v) is 4.39. The van der Waals surface area contributed by atoms with E-state index in [1.165, 1.54) is 26.0 Å². The lowest BCUT2D eigenvalue weighted by Gasteiger charge is -2.13. The van der Waals surface area contributed by atoms with Gasteiger partial charge >= 0.3 is 0 Å². The number of halogens is 1. The molecular weight excluding hydrogens is 217 g/mol. The molecule has 1 aromatic rings. The van der Waals surface area contributed by atoms with Crippen LogP contribution in [0.1, 0.15) is 38.7 Å². The minimum absolute atomic E-state index is 0.298. The van der Waals surface area contributed by atoms with Crippen molar-refractivity contribution in [3.05, 3.63) is 29.6 Å². The molecule has 1 N–H and O–H groups in total. The van der Waals surface area contributed by atoms with Gasteiger partial charge in [0.15, 0.2) is 11.6 Å². The number of nitrogens with one attached hydrogen (secondary N) is 1. The van der Waals surface area contributed by atoms with Crippen LogP contribution in [0.3, 0.4) is 0 Å². The highest BCUT2D eigenvalue weighted by Crippen LogP contribution is 2.17. The summed E-state index contributed by atoms with van der Waals surface area (Å²) in [6.07, 6.45) is 3.60. The molecular formula is C14H22FNO. The molecule has 2 nitrogen and oxygen atoms in total. The Hall–Kier alpha value is -1.09. The van der Waals surface area contributed by atoms with E-state index in [1.54, 1.807) is 6.07 Å². The molecule has 0 spiro atoms. The number of unbranched alkanes of at least 4 members (excludes halogenated alkanes) is 1. The van der Waals surface area contributed by atoms with Gasteiger partial charge in [-0.15, -0.1) is 0 Å². The Morgan fingerprint density at radius 2 is 2.18 bits per heavy atom. The third-order valence-electron chi connectivity index (χ3n) is 2.86. The van der Waals surface area contributed by atoms with Crippen LogP contribution in [-0.4, -0.2) is 13.2 Å². The lowest BCUT2D eigenvalue weighted by atomic mass is 10.1. The molecule has 0 aliphatic carbocycles. The Kier molecular flexibility index (Phi) is 5.98. The maximum absolute atomic E-state index is 13.4. The van der Waals surface area contributed by atoms with Crippen LogP contribution in [0.25, 0.3) is 0 Å². The highest BCUT2D eigenvalue weighted by atomic mass is 19.1. The van der Waals surface area contributed by atoms with Crippen LogP contribution in [0, 0.1) is 5.82 Å². The molecule has 1 aromatic carbocycles. The summed E-state index contributed by atoms with van der Waals surface area (Å²) < 4.78 is 18.3. The zero-order chi connectivity index (χ0) is 12.7. The van der Waals surface area contributed by atoms with Gasteiger partial charge in [-0.05, 0) is 31.0 Å². The van der Waals surface area contributed by atoms with Crippen molar-refractivity contribution in [3.63, 3.8) is 0 Å². The zero-order valence-electron chi connectivity index (χ0n) is 10.9. The third-order valence-corrected chi connectivity index (χ3v) is 2.86. The average molecular weight is 239 g/mol. The molecule has 17 heavy (non-hydrogen) atoms. The van der Waals surface area contributed by atoms with Gasteiger partial charge in [0.1, 0.15) is 0 Å². The monoisotopic (exact) mass is 239 g/mol. The molecule has 0 amide bonds. The van der Waals surface area contributed by atoms with Crippen LogP contribution in [0.4, 0.5) is 4.39 Å². The van der Waals surface area contributed by atoms with Crippen LogP contribution in [0.5, 0.6) is 5.75 Å². The summed E-state index contributed by atoms with van der Waals surface area (Å²) in [6.45, 7) is 5.05. The Morgan fingerprint density at radius 3 is 2.76 bits per heavy atom. The van der Waals surface area contributed by atoms with Gasteiger partial charge in [0.05, 0.1) is 7.11 Å². The van der Waals surface area contributed by atoms with Crippen molar-refractivity contribution in [3.8, 4) is 5.75 Å². The maximum atomic E-state index is 13.4. The molecule has 1 atom stereocenters. The minimum atomic E-state index is -0.298. The highest BCUT2D eigenvalue weighted by molar-refractivity contribution is 5.29. The average Bonchev–Trinajstić information content (AvgIpc) is 2.34. The van der Waals surface area contributed by atoms with Crippen molar-refractivity contribution >= 4 is 0 Å². The summed E-state index contributed by atoms with van der Waals surface area (Å²) in [5.74, 6) is 0.000734. The Morgan fingerprint density at radius 1 is 1.41 bits per heavy atom. The topological polar surface area (TPSA) is 21.3 Å². The molecule has 0 saturated carbocycles. The molecule has 0 fully saturated rings. The Balaban J connectivity index is 2.44. The molecule has 0 aromatic heterocycles. The Labute approximate surface area is 103 Å². The van der Waals surface area contributed by atoms with Crippen molar-refractivity contribution < 1.29 is 9.13 Å². The van der Waals surface area contributed by atoms with E-state index in [4.69, 9.17) is 4.74 Å². The van der Waals surface area contributed by atoms with Gasteiger partial charge in [-0.1, -0.05) is 25.8 Å². The highest BCUT2D eigenvalue weighted by Gasteiger charge is 2.05. The maximum Gasteiger partial charge on any atom is 0.165 e. The zero-order valence-corrected chi connectivity index (χ0v) is 10.9. The van der Waals surface area contributed by atoms with Gasteiger partial charge in [0.2, 0.25) is 0 Å². The summed E-state index contributed by atoms with van der Waals surface area (Å²) in [5.41, 5.74) is 0.951. The van der Waals surface area contributed by atoms with Crippen molar-refractivity contribution in [1.29, 1.82) is 0 Å². The second-order valence-electron chi connectivity index (χ2n) is 4.39. The van der Waals surface area contributed by atoms with E-state index < -0.39 is 0 Å². The molecule has 1 unspecified atom stereocenters. The summed E-state index contributed by atoms with van der Waals surface area (Å²) in [6, 6.07) is 5.56. The van der Waals surface area contributed by atoms with Crippen molar-refractivity contribution in [2.75, 3.05) is 7.11 Å². The van der Waals surface area contributed by atoms with Crippen LogP contribution in [0.15, 0.2) is 18.2 Å². The van der Waals surface area contributed by atoms with Crippen molar-refractivity contribution in [2.24, 2.45) is 0 Å². The first-order valence-electron chi connectivity index (χ1n) is 6.23. The number of benzene rings is 1. The molecule has 1 rings (SSSR count). The van der Waals surface area contributed by atoms with E-state index in [2.05, 4.69) is 19.2 Å². The van der Waals surface area contributed by atoms with Crippen molar-refractivity contribution in [2.45, 2.75) is 45.7 Å². The summed E-state index contributed by atoms with van der Waals surface area (Å²) >= 11 is 0.